The van der Waals surface area contributed by atoms with Gasteiger partial charge in [0, 0.05) is 23.7 Å². The summed E-state index contributed by atoms with van der Waals surface area (Å²) >= 11 is 0. The van der Waals surface area contributed by atoms with Crippen LogP contribution in [0.25, 0.3) is 22.3 Å². The Kier molecular flexibility index (Phi) is 7.99. The molecule has 0 radical (unpaired) electrons. The van der Waals surface area contributed by atoms with Crippen LogP contribution >= 0.6 is 0 Å². The number of nitrogens with zero attached hydrogens (tertiary/aromatic N) is 6. The van der Waals surface area contributed by atoms with Crippen molar-refractivity contribution in [3.05, 3.63) is 72.3 Å². The molecule has 1 atom stereocenters. The van der Waals surface area contributed by atoms with Crippen LogP contribution in [-0.4, -0.2) is 67.9 Å². The largest absolute Gasteiger partial charge is 0.457 e. The van der Waals surface area contributed by atoms with Gasteiger partial charge in [-0.05, 0) is 57.0 Å². The first-order valence-electron chi connectivity index (χ1n) is 14.5. The van der Waals surface area contributed by atoms with E-state index in [1.807, 2.05) is 32.0 Å². The number of fused-ring (bicyclic) bond motifs is 1. The van der Waals surface area contributed by atoms with Crippen LogP contribution in [0.15, 0.2) is 66.5 Å². The van der Waals surface area contributed by atoms with Gasteiger partial charge in [-0.3, -0.25) is 4.79 Å². The maximum Gasteiger partial charge on any atom is 0.264 e. The highest BCUT2D eigenvalue weighted by Crippen LogP contribution is 2.35. The minimum atomic E-state index is -0.572. The highest BCUT2D eigenvalue weighted by atomic mass is 19.1. The van der Waals surface area contributed by atoms with E-state index in [0.717, 1.165) is 6.42 Å². The lowest BCUT2D eigenvalue weighted by atomic mass is 9.98. The van der Waals surface area contributed by atoms with E-state index in [-0.39, 0.29) is 41.5 Å². The molecule has 3 N–H and O–H groups in total. The predicted molar refractivity (Wildman–Crippen MR) is 162 cm³/mol. The number of nitrogens with two attached hydrogens (primary N) is 1. The van der Waals surface area contributed by atoms with E-state index in [0.29, 0.717) is 54.4 Å². The average molecular weight is 597 g/mol. The number of anilines is 1. The average Bonchev–Trinajstić information content (AvgIpc) is 3.60. The zero-order valence-corrected chi connectivity index (χ0v) is 24.5. The summed E-state index contributed by atoms with van der Waals surface area (Å²) in [6.45, 7) is 5.86. The molecule has 11 nitrogen and oxygen atoms in total. The number of hydrogen-bond donors (Lipinski definition) is 2. The van der Waals surface area contributed by atoms with E-state index in [1.54, 1.807) is 39.9 Å². The molecule has 0 bridgehead atoms. The third-order valence-corrected chi connectivity index (χ3v) is 7.83. The molecular formula is C32H33FN8O3. The lowest BCUT2D eigenvalue weighted by molar-refractivity contribution is -0.127. The molecule has 226 valence electrons. The predicted octanol–water partition coefficient (Wildman–Crippen LogP) is 4.21. The van der Waals surface area contributed by atoms with Gasteiger partial charge in [0.05, 0.1) is 37.2 Å². The van der Waals surface area contributed by atoms with Crippen LogP contribution in [0.1, 0.15) is 26.7 Å². The zero-order chi connectivity index (χ0) is 30.8. The minimum absolute atomic E-state index is 0.0760. The van der Waals surface area contributed by atoms with E-state index < -0.39 is 11.4 Å². The van der Waals surface area contributed by atoms with Gasteiger partial charge in [-0.25, -0.2) is 19.0 Å². The van der Waals surface area contributed by atoms with Crippen molar-refractivity contribution in [3.8, 4) is 28.8 Å². The summed E-state index contributed by atoms with van der Waals surface area (Å²) < 4.78 is 28.2. The summed E-state index contributed by atoms with van der Waals surface area (Å²) in [5, 5.41) is 18.5. The number of aromatic nitrogens is 4. The lowest BCUT2D eigenvalue weighted by Crippen LogP contribution is -2.54. The van der Waals surface area contributed by atoms with Gasteiger partial charge in [0.2, 0.25) is 0 Å². The molecule has 2 aliphatic rings. The van der Waals surface area contributed by atoms with Crippen molar-refractivity contribution in [3.63, 3.8) is 0 Å². The smallest absolute Gasteiger partial charge is 0.264 e. The number of nitriles is 1. The monoisotopic (exact) mass is 596 g/mol. The van der Waals surface area contributed by atoms with Crippen molar-refractivity contribution in [2.24, 2.45) is 0 Å². The molecule has 4 heterocycles. The van der Waals surface area contributed by atoms with Gasteiger partial charge < -0.3 is 25.4 Å². The lowest BCUT2D eigenvalue weighted by Gasteiger charge is -2.35. The first-order chi connectivity index (χ1) is 21.2. The van der Waals surface area contributed by atoms with Gasteiger partial charge in [0.25, 0.3) is 5.91 Å². The van der Waals surface area contributed by atoms with Gasteiger partial charge in [0.15, 0.2) is 5.65 Å². The van der Waals surface area contributed by atoms with Crippen molar-refractivity contribution in [1.82, 2.24) is 30.0 Å². The standard InChI is InChI=1S/C32H33FN8O3/c1-32(2,38-21-17-43-18-21)14-20(15-34)31(42)40-12-6-7-22(40)16-41-30-27(29(35)36-19-37-30)28(39-41)25-11-10-24(13-26(25)33)44-23-8-4-3-5-9-23/h3-5,8-11,13-14,19,21-22,38H,6-7,12,16-18H2,1-2H3,(H2,35,36,37)/b20-14-/t22-/m1/s1. The van der Waals surface area contributed by atoms with Crippen molar-refractivity contribution in [2.75, 3.05) is 25.5 Å². The van der Waals surface area contributed by atoms with Gasteiger partial charge in [-0.15, -0.1) is 0 Å². The van der Waals surface area contributed by atoms with E-state index in [9.17, 15) is 10.1 Å². The van der Waals surface area contributed by atoms with Crippen molar-refractivity contribution < 1.29 is 18.7 Å². The van der Waals surface area contributed by atoms with Crippen molar-refractivity contribution in [2.45, 2.75) is 50.9 Å². The molecule has 0 spiro atoms. The Morgan fingerprint density at radius 3 is 2.73 bits per heavy atom. The number of carbonyl (C=O) groups is 1. The fourth-order valence-electron chi connectivity index (χ4n) is 5.76. The summed E-state index contributed by atoms with van der Waals surface area (Å²) in [6, 6.07) is 15.7. The van der Waals surface area contributed by atoms with Gasteiger partial charge in [-0.2, -0.15) is 10.4 Å². The Morgan fingerprint density at radius 2 is 2.02 bits per heavy atom. The van der Waals surface area contributed by atoms with Gasteiger partial charge >= 0.3 is 0 Å². The molecule has 2 fully saturated rings. The van der Waals surface area contributed by atoms with Crippen LogP contribution in [0.3, 0.4) is 0 Å². The van der Waals surface area contributed by atoms with E-state index in [4.69, 9.17) is 20.3 Å². The summed E-state index contributed by atoms with van der Waals surface area (Å²) in [6.07, 6.45) is 4.51. The second kappa shape index (κ2) is 12.0. The molecule has 6 rings (SSSR count). The van der Waals surface area contributed by atoms with Crippen LogP contribution in [0.4, 0.5) is 10.2 Å². The third-order valence-electron chi connectivity index (χ3n) is 7.83. The number of benzene rings is 2. The maximum atomic E-state index is 15.5. The number of amides is 1. The number of nitrogen functional groups attached to an aromatic ring is 1. The SMILES string of the molecule is CC(C)(/C=C(/C#N)C(=O)N1CCC[C@@H]1Cn1nc(-c2ccc(Oc3ccccc3)cc2F)c2c(N)ncnc21)NC1COC1. The number of ether oxygens (including phenoxy) is 2. The summed E-state index contributed by atoms with van der Waals surface area (Å²) in [5.74, 6) is 0.219. The first kappa shape index (κ1) is 29.2. The molecular weight excluding hydrogens is 563 g/mol. The second-order valence-electron chi connectivity index (χ2n) is 11.6. The molecule has 44 heavy (non-hydrogen) atoms. The van der Waals surface area contributed by atoms with Crippen LogP contribution in [0.2, 0.25) is 0 Å². The van der Waals surface area contributed by atoms with Crippen LogP contribution in [-0.2, 0) is 16.1 Å². The number of halogens is 1. The van der Waals surface area contributed by atoms with E-state index >= 15 is 4.39 Å². The Labute approximate surface area is 254 Å². The quantitative estimate of drug-likeness (QED) is 0.214. The Hall–Kier alpha value is -4.86. The topological polar surface area (TPSA) is 144 Å². The number of rotatable bonds is 9. The molecule has 0 saturated carbocycles. The molecule has 2 aromatic heterocycles. The molecule has 2 saturated heterocycles. The van der Waals surface area contributed by atoms with Gasteiger partial charge in [-0.1, -0.05) is 18.2 Å². The first-order valence-corrected chi connectivity index (χ1v) is 14.5. The van der Waals surface area contributed by atoms with Crippen LogP contribution in [0, 0.1) is 17.1 Å². The fraction of sp³-hybridized carbons (Fsp3) is 0.344. The molecule has 4 aromatic rings. The number of likely N-dealkylation sites (tertiary alicyclic amines) is 1. The van der Waals surface area contributed by atoms with Crippen molar-refractivity contribution in [1.29, 1.82) is 5.26 Å². The Morgan fingerprint density at radius 1 is 1.23 bits per heavy atom. The van der Waals surface area contributed by atoms with Crippen LogP contribution in [0.5, 0.6) is 11.5 Å². The maximum absolute atomic E-state index is 15.5. The highest BCUT2D eigenvalue weighted by Gasteiger charge is 2.34. The van der Waals surface area contributed by atoms with E-state index in [1.165, 1.54) is 12.4 Å². The highest BCUT2D eigenvalue weighted by molar-refractivity contribution is 5.99. The molecule has 1 amide bonds. The third kappa shape index (κ3) is 5.97. The summed E-state index contributed by atoms with van der Waals surface area (Å²) in [7, 11) is 0. The number of para-hydroxylation sites is 1. The van der Waals surface area contributed by atoms with Gasteiger partial charge in [0.1, 0.15) is 46.8 Å². The van der Waals surface area contributed by atoms with Crippen molar-refractivity contribution >= 4 is 22.8 Å². The normalized spacial score (nSPS) is 17.5. The zero-order valence-electron chi connectivity index (χ0n) is 24.5. The fourth-order valence-corrected chi connectivity index (χ4v) is 5.76. The van der Waals surface area contributed by atoms with Crippen LogP contribution < -0.4 is 15.8 Å². The summed E-state index contributed by atoms with van der Waals surface area (Å²) in [5.41, 5.74) is 6.71. The number of hydrogen-bond acceptors (Lipinski definition) is 9. The Balaban J connectivity index is 1.27. The number of nitrogens with one attached hydrogen (secondary N) is 1. The molecule has 0 unspecified atom stereocenters. The summed E-state index contributed by atoms with van der Waals surface area (Å²) in [4.78, 5) is 23.9. The Bertz CT molecular complexity index is 1760. The number of carbonyl (C=O) groups excluding carboxylic acids is 1. The second-order valence-corrected chi connectivity index (χ2v) is 11.6. The molecule has 0 aliphatic carbocycles. The molecule has 12 heteroatoms. The van der Waals surface area contributed by atoms with E-state index in [2.05, 4.69) is 21.4 Å². The molecule has 2 aliphatic heterocycles. The molecule has 2 aromatic carbocycles. The minimum Gasteiger partial charge on any atom is -0.457 e.